The van der Waals surface area contributed by atoms with Crippen LogP contribution in [0.4, 0.5) is 11.6 Å². The van der Waals surface area contributed by atoms with Crippen molar-refractivity contribution in [3.05, 3.63) is 51.4 Å². The second-order valence-corrected chi connectivity index (χ2v) is 6.68. The van der Waals surface area contributed by atoms with Crippen LogP contribution >= 0.6 is 0 Å². The van der Waals surface area contributed by atoms with Crippen LogP contribution < -0.4 is 15.8 Å². The van der Waals surface area contributed by atoms with E-state index in [0.29, 0.717) is 11.6 Å². The predicted octanol–water partition coefficient (Wildman–Crippen LogP) is 2.41. The highest BCUT2D eigenvalue weighted by atomic mass is 16.2. The minimum Gasteiger partial charge on any atom is -0.342 e. The maximum Gasteiger partial charge on any atom is 0.255 e. The summed E-state index contributed by atoms with van der Waals surface area (Å²) in [5.74, 6) is 0.374. The van der Waals surface area contributed by atoms with E-state index in [2.05, 4.69) is 15.2 Å². The zero-order valence-corrected chi connectivity index (χ0v) is 15.0. The molecule has 1 aliphatic heterocycles. The summed E-state index contributed by atoms with van der Waals surface area (Å²) < 4.78 is 1.47. The molecule has 0 aliphatic carbocycles. The van der Waals surface area contributed by atoms with Gasteiger partial charge in [-0.05, 0) is 45.2 Å². The van der Waals surface area contributed by atoms with E-state index in [1.165, 1.54) is 10.6 Å². The van der Waals surface area contributed by atoms with Crippen LogP contribution in [0, 0.1) is 20.8 Å². The molecule has 3 rings (SSSR count). The van der Waals surface area contributed by atoms with Crippen LogP contribution in [0.5, 0.6) is 0 Å². The molecular weight excluding hydrogens is 316 g/mol. The summed E-state index contributed by atoms with van der Waals surface area (Å²) in [6.45, 7) is 7.48. The van der Waals surface area contributed by atoms with Gasteiger partial charge in [0, 0.05) is 30.5 Å². The van der Waals surface area contributed by atoms with Crippen molar-refractivity contribution in [3.8, 4) is 0 Å². The zero-order chi connectivity index (χ0) is 18.0. The minimum atomic E-state index is -0.222. The molecule has 1 aromatic carbocycles. The number of benzene rings is 1. The van der Waals surface area contributed by atoms with Gasteiger partial charge in [-0.3, -0.25) is 14.2 Å². The molecule has 1 fully saturated rings. The SMILES string of the molecule is Cc1ccc(NC(=O)Cn2c(N3CCCC3)nc(C)cc2=O)c(C)c1. The van der Waals surface area contributed by atoms with Gasteiger partial charge in [0.1, 0.15) is 6.54 Å². The maximum absolute atomic E-state index is 12.5. The first-order valence-corrected chi connectivity index (χ1v) is 8.64. The summed E-state index contributed by atoms with van der Waals surface area (Å²) in [4.78, 5) is 31.5. The summed E-state index contributed by atoms with van der Waals surface area (Å²) in [5, 5.41) is 2.90. The van der Waals surface area contributed by atoms with Gasteiger partial charge in [0.15, 0.2) is 0 Å². The molecule has 0 bridgehead atoms. The maximum atomic E-state index is 12.5. The van der Waals surface area contributed by atoms with Crippen LogP contribution in [-0.2, 0) is 11.3 Å². The largest absolute Gasteiger partial charge is 0.342 e. The first-order chi connectivity index (χ1) is 11.9. The molecule has 0 unspecified atom stereocenters. The van der Waals surface area contributed by atoms with Crippen LogP contribution in [0.1, 0.15) is 29.7 Å². The first kappa shape index (κ1) is 17.2. The molecule has 0 atom stereocenters. The summed E-state index contributed by atoms with van der Waals surface area (Å²) in [7, 11) is 0. The fraction of sp³-hybridized carbons (Fsp3) is 0.421. The zero-order valence-electron chi connectivity index (χ0n) is 15.0. The molecule has 1 aliphatic rings. The summed E-state index contributed by atoms with van der Waals surface area (Å²) in [6.07, 6.45) is 2.16. The molecule has 0 radical (unpaired) electrons. The van der Waals surface area contributed by atoms with E-state index in [-0.39, 0.29) is 18.0 Å². The fourth-order valence-electron chi connectivity index (χ4n) is 3.20. The lowest BCUT2D eigenvalue weighted by molar-refractivity contribution is -0.116. The van der Waals surface area contributed by atoms with Crippen LogP contribution in [-0.4, -0.2) is 28.5 Å². The Morgan fingerprint density at radius 1 is 1.16 bits per heavy atom. The van der Waals surface area contributed by atoms with Gasteiger partial charge in [-0.25, -0.2) is 4.98 Å². The molecule has 6 heteroatoms. The van der Waals surface area contributed by atoms with Crippen LogP contribution in [0.2, 0.25) is 0 Å². The van der Waals surface area contributed by atoms with Gasteiger partial charge in [0.25, 0.3) is 5.56 Å². The molecule has 2 aromatic rings. The highest BCUT2D eigenvalue weighted by Crippen LogP contribution is 2.18. The van der Waals surface area contributed by atoms with Crippen molar-refractivity contribution in [2.75, 3.05) is 23.3 Å². The highest BCUT2D eigenvalue weighted by molar-refractivity contribution is 5.91. The van der Waals surface area contributed by atoms with Gasteiger partial charge in [-0.2, -0.15) is 0 Å². The van der Waals surface area contributed by atoms with Crippen LogP contribution in [0.3, 0.4) is 0 Å². The van der Waals surface area contributed by atoms with E-state index < -0.39 is 0 Å². The Bertz CT molecular complexity index is 851. The smallest absolute Gasteiger partial charge is 0.255 e. The summed E-state index contributed by atoms with van der Waals surface area (Å²) in [6, 6.07) is 7.34. The van der Waals surface area contributed by atoms with Crippen molar-refractivity contribution < 1.29 is 4.79 Å². The van der Waals surface area contributed by atoms with Gasteiger partial charge in [0.05, 0.1) is 0 Å². The first-order valence-electron chi connectivity index (χ1n) is 8.64. The Balaban J connectivity index is 1.84. The standard InChI is InChI=1S/C19H24N4O2/c1-13-6-7-16(14(2)10-13)21-17(24)12-23-18(25)11-15(3)20-19(23)22-8-4-5-9-22/h6-7,10-11H,4-5,8-9,12H2,1-3H3,(H,21,24). The molecule has 1 N–H and O–H groups in total. The van der Waals surface area contributed by atoms with E-state index in [0.717, 1.165) is 42.7 Å². The number of hydrogen-bond acceptors (Lipinski definition) is 4. The monoisotopic (exact) mass is 340 g/mol. The van der Waals surface area contributed by atoms with Gasteiger partial charge < -0.3 is 10.2 Å². The normalized spacial score (nSPS) is 14.0. The van der Waals surface area contributed by atoms with Crippen molar-refractivity contribution in [3.63, 3.8) is 0 Å². The number of nitrogens with one attached hydrogen (secondary N) is 1. The number of anilines is 2. The Morgan fingerprint density at radius 3 is 2.56 bits per heavy atom. The molecule has 132 valence electrons. The number of carbonyl (C=O) groups is 1. The Morgan fingerprint density at radius 2 is 1.88 bits per heavy atom. The highest BCUT2D eigenvalue weighted by Gasteiger charge is 2.20. The van der Waals surface area contributed by atoms with Gasteiger partial charge in [0.2, 0.25) is 11.9 Å². The van der Waals surface area contributed by atoms with E-state index >= 15 is 0 Å². The van der Waals surface area contributed by atoms with Crippen LogP contribution in [0.15, 0.2) is 29.1 Å². The van der Waals surface area contributed by atoms with Gasteiger partial charge in [-0.15, -0.1) is 0 Å². The third kappa shape index (κ3) is 3.90. The van der Waals surface area contributed by atoms with Crippen molar-refractivity contribution >= 4 is 17.5 Å². The number of aryl methyl sites for hydroxylation is 3. The molecule has 0 spiro atoms. The van der Waals surface area contributed by atoms with E-state index in [4.69, 9.17) is 0 Å². The predicted molar refractivity (Wildman–Crippen MR) is 99.2 cm³/mol. The summed E-state index contributed by atoms with van der Waals surface area (Å²) in [5.41, 5.74) is 3.41. The van der Waals surface area contributed by atoms with Crippen molar-refractivity contribution in [1.82, 2.24) is 9.55 Å². The molecular formula is C19H24N4O2. The second-order valence-electron chi connectivity index (χ2n) is 6.68. The van der Waals surface area contributed by atoms with E-state index in [1.807, 2.05) is 32.0 Å². The van der Waals surface area contributed by atoms with Crippen molar-refractivity contribution in [2.24, 2.45) is 0 Å². The molecule has 25 heavy (non-hydrogen) atoms. The molecule has 1 saturated heterocycles. The van der Waals surface area contributed by atoms with E-state index in [9.17, 15) is 9.59 Å². The average Bonchev–Trinajstić information content (AvgIpc) is 3.07. The van der Waals surface area contributed by atoms with Gasteiger partial charge >= 0.3 is 0 Å². The lowest BCUT2D eigenvalue weighted by Gasteiger charge is -2.21. The minimum absolute atomic E-state index is 0.0364. The van der Waals surface area contributed by atoms with Crippen LogP contribution in [0.25, 0.3) is 0 Å². The Hall–Kier alpha value is -2.63. The van der Waals surface area contributed by atoms with Crippen molar-refractivity contribution in [2.45, 2.75) is 40.2 Å². The molecule has 2 heterocycles. The Labute approximate surface area is 147 Å². The van der Waals surface area contributed by atoms with Gasteiger partial charge in [-0.1, -0.05) is 17.7 Å². The molecule has 0 saturated carbocycles. The fourth-order valence-corrected chi connectivity index (χ4v) is 3.20. The number of amides is 1. The van der Waals surface area contributed by atoms with Crippen molar-refractivity contribution in [1.29, 1.82) is 0 Å². The third-order valence-corrected chi connectivity index (χ3v) is 4.46. The third-order valence-electron chi connectivity index (χ3n) is 4.46. The lowest BCUT2D eigenvalue weighted by Crippen LogP contribution is -2.34. The Kier molecular flexibility index (Phi) is 4.88. The average molecular weight is 340 g/mol. The van der Waals surface area contributed by atoms with E-state index in [1.54, 1.807) is 6.92 Å². The quantitative estimate of drug-likeness (QED) is 0.928. The lowest BCUT2D eigenvalue weighted by atomic mass is 10.1. The topological polar surface area (TPSA) is 67.2 Å². The number of rotatable bonds is 4. The number of carbonyl (C=O) groups excluding carboxylic acids is 1. The number of hydrogen-bond donors (Lipinski definition) is 1. The summed E-state index contributed by atoms with van der Waals surface area (Å²) >= 11 is 0. The number of aromatic nitrogens is 2. The molecule has 1 aromatic heterocycles. The molecule has 6 nitrogen and oxygen atoms in total. The second kappa shape index (κ2) is 7.09. The molecule has 1 amide bonds. The number of nitrogens with zero attached hydrogens (tertiary/aromatic N) is 3.